The van der Waals surface area contributed by atoms with Gasteiger partial charge in [-0.05, 0) is 50.3 Å². The average Bonchev–Trinajstić information content (AvgIpc) is 3.01. The molecule has 2 N–H and O–H groups in total. The van der Waals surface area contributed by atoms with E-state index in [1.807, 2.05) is 19.1 Å². The van der Waals surface area contributed by atoms with Crippen LogP contribution in [0.15, 0.2) is 16.5 Å². The summed E-state index contributed by atoms with van der Waals surface area (Å²) in [6.45, 7) is 1.92. The van der Waals surface area contributed by atoms with Gasteiger partial charge in [0.2, 0.25) is 0 Å². The Labute approximate surface area is 150 Å². The SMILES string of the molecule is Cc1ccc(-c2c(C#N)c(N)nc3c2CCCCCCCCCC3)o1. The number of furan rings is 1. The second-order valence-corrected chi connectivity index (χ2v) is 7.02. The molecule has 0 saturated carbocycles. The number of nitriles is 1. The highest BCUT2D eigenvalue weighted by Gasteiger charge is 2.21. The van der Waals surface area contributed by atoms with E-state index >= 15 is 0 Å². The van der Waals surface area contributed by atoms with Gasteiger partial charge in [-0.15, -0.1) is 0 Å². The topological polar surface area (TPSA) is 75.8 Å². The molecule has 1 aliphatic rings. The summed E-state index contributed by atoms with van der Waals surface area (Å²) in [6, 6.07) is 6.15. The first-order valence-electron chi connectivity index (χ1n) is 9.49. The van der Waals surface area contributed by atoms with E-state index in [2.05, 4.69) is 11.1 Å². The van der Waals surface area contributed by atoms with E-state index in [4.69, 9.17) is 10.2 Å². The summed E-state index contributed by atoms with van der Waals surface area (Å²) in [5, 5.41) is 9.67. The Morgan fingerprint density at radius 1 is 1.00 bits per heavy atom. The Morgan fingerprint density at radius 2 is 1.64 bits per heavy atom. The molecular formula is C21H27N3O. The van der Waals surface area contributed by atoms with Gasteiger partial charge >= 0.3 is 0 Å². The van der Waals surface area contributed by atoms with Crippen molar-refractivity contribution in [2.75, 3.05) is 5.73 Å². The number of pyridine rings is 1. The number of aryl methyl sites for hydroxylation is 2. The van der Waals surface area contributed by atoms with Crippen LogP contribution in [-0.2, 0) is 12.8 Å². The number of hydrogen-bond donors (Lipinski definition) is 1. The van der Waals surface area contributed by atoms with Crippen LogP contribution in [0.4, 0.5) is 5.82 Å². The summed E-state index contributed by atoms with van der Waals surface area (Å²) in [5.41, 5.74) is 9.69. The van der Waals surface area contributed by atoms with Crippen molar-refractivity contribution >= 4 is 5.82 Å². The largest absolute Gasteiger partial charge is 0.461 e. The van der Waals surface area contributed by atoms with Crippen LogP contribution in [0.5, 0.6) is 0 Å². The van der Waals surface area contributed by atoms with Crippen molar-refractivity contribution in [1.29, 1.82) is 5.26 Å². The van der Waals surface area contributed by atoms with E-state index in [1.54, 1.807) is 0 Å². The van der Waals surface area contributed by atoms with Crippen LogP contribution in [0.25, 0.3) is 11.3 Å². The highest BCUT2D eigenvalue weighted by molar-refractivity contribution is 5.76. The van der Waals surface area contributed by atoms with Gasteiger partial charge in [0.05, 0.1) is 0 Å². The summed E-state index contributed by atoms with van der Waals surface area (Å²) < 4.78 is 5.87. The van der Waals surface area contributed by atoms with Crippen molar-refractivity contribution in [3.63, 3.8) is 0 Å². The van der Waals surface area contributed by atoms with Crippen molar-refractivity contribution in [1.82, 2.24) is 4.98 Å². The minimum Gasteiger partial charge on any atom is -0.461 e. The van der Waals surface area contributed by atoms with Gasteiger partial charge in [0.25, 0.3) is 0 Å². The van der Waals surface area contributed by atoms with Crippen LogP contribution < -0.4 is 5.73 Å². The molecule has 132 valence electrons. The molecule has 1 aliphatic carbocycles. The molecule has 2 aromatic rings. The van der Waals surface area contributed by atoms with Crippen molar-refractivity contribution in [2.24, 2.45) is 0 Å². The molecule has 0 fully saturated rings. The number of nitrogen functional groups attached to an aromatic ring is 1. The fourth-order valence-electron chi connectivity index (χ4n) is 3.78. The first kappa shape index (κ1) is 17.5. The summed E-state index contributed by atoms with van der Waals surface area (Å²) in [7, 11) is 0. The number of nitrogens with zero attached hydrogens (tertiary/aromatic N) is 2. The molecule has 0 spiro atoms. The van der Waals surface area contributed by atoms with Gasteiger partial charge in [0.15, 0.2) is 0 Å². The van der Waals surface area contributed by atoms with Gasteiger partial charge in [-0.1, -0.05) is 38.5 Å². The quantitative estimate of drug-likeness (QED) is 0.763. The number of hydrogen-bond acceptors (Lipinski definition) is 4. The predicted octanol–water partition coefficient (Wildman–Crippen LogP) is 5.32. The third-order valence-electron chi connectivity index (χ3n) is 5.10. The van der Waals surface area contributed by atoms with Gasteiger partial charge in [0, 0.05) is 11.3 Å². The molecule has 4 heteroatoms. The molecule has 4 nitrogen and oxygen atoms in total. The Morgan fingerprint density at radius 3 is 2.24 bits per heavy atom. The fraction of sp³-hybridized carbons (Fsp3) is 0.524. The van der Waals surface area contributed by atoms with Gasteiger partial charge in [-0.25, -0.2) is 4.98 Å². The molecule has 0 bridgehead atoms. The molecule has 2 heterocycles. The molecule has 0 radical (unpaired) electrons. The number of rotatable bonds is 1. The minimum absolute atomic E-state index is 0.331. The molecule has 0 amide bonds. The van der Waals surface area contributed by atoms with E-state index < -0.39 is 0 Å². The number of aromatic nitrogens is 1. The van der Waals surface area contributed by atoms with Gasteiger partial charge in [-0.2, -0.15) is 5.26 Å². The van der Waals surface area contributed by atoms with Crippen LogP contribution in [0, 0.1) is 18.3 Å². The van der Waals surface area contributed by atoms with Crippen molar-refractivity contribution in [3.05, 3.63) is 34.7 Å². The zero-order valence-electron chi connectivity index (χ0n) is 15.1. The predicted molar refractivity (Wildman–Crippen MR) is 100 cm³/mol. The highest BCUT2D eigenvalue weighted by Crippen LogP contribution is 2.35. The molecule has 25 heavy (non-hydrogen) atoms. The van der Waals surface area contributed by atoms with Crippen LogP contribution in [-0.4, -0.2) is 4.98 Å². The lowest BCUT2D eigenvalue weighted by atomic mass is 9.91. The van der Waals surface area contributed by atoms with Crippen LogP contribution in [0.1, 0.15) is 73.9 Å². The van der Waals surface area contributed by atoms with E-state index in [-0.39, 0.29) is 0 Å². The Balaban J connectivity index is 2.09. The first-order valence-corrected chi connectivity index (χ1v) is 9.49. The number of anilines is 1. The Bertz CT molecular complexity index is 770. The molecule has 0 saturated heterocycles. The maximum atomic E-state index is 9.67. The van der Waals surface area contributed by atoms with Crippen molar-refractivity contribution in [2.45, 2.75) is 71.1 Å². The lowest BCUT2D eigenvalue weighted by molar-refractivity contribution is 0.543. The van der Waals surface area contributed by atoms with Crippen LogP contribution >= 0.6 is 0 Å². The monoisotopic (exact) mass is 337 g/mol. The highest BCUT2D eigenvalue weighted by atomic mass is 16.3. The van der Waals surface area contributed by atoms with Crippen LogP contribution in [0.2, 0.25) is 0 Å². The maximum Gasteiger partial charge on any atom is 0.142 e. The van der Waals surface area contributed by atoms with E-state index in [0.29, 0.717) is 11.4 Å². The van der Waals surface area contributed by atoms with Gasteiger partial charge in [0.1, 0.15) is 29.0 Å². The zero-order valence-corrected chi connectivity index (χ0v) is 15.1. The zero-order chi connectivity index (χ0) is 17.6. The first-order chi connectivity index (χ1) is 12.2. The molecule has 3 rings (SSSR count). The molecule has 0 aliphatic heterocycles. The molecule has 0 aromatic carbocycles. The lowest BCUT2D eigenvalue weighted by Crippen LogP contribution is -2.08. The smallest absolute Gasteiger partial charge is 0.142 e. The second kappa shape index (κ2) is 8.20. The third kappa shape index (κ3) is 4.04. The summed E-state index contributed by atoms with van der Waals surface area (Å²) >= 11 is 0. The van der Waals surface area contributed by atoms with E-state index in [9.17, 15) is 5.26 Å². The van der Waals surface area contributed by atoms with Crippen LogP contribution in [0.3, 0.4) is 0 Å². The average molecular weight is 337 g/mol. The summed E-state index contributed by atoms with van der Waals surface area (Å²) in [5.74, 6) is 1.92. The van der Waals surface area contributed by atoms with E-state index in [1.165, 1.54) is 44.1 Å². The minimum atomic E-state index is 0.331. The molecule has 2 aromatic heterocycles. The lowest BCUT2D eigenvalue weighted by Gasteiger charge is -2.17. The van der Waals surface area contributed by atoms with E-state index in [0.717, 1.165) is 48.5 Å². The fourth-order valence-corrected chi connectivity index (χ4v) is 3.78. The summed E-state index contributed by atoms with van der Waals surface area (Å²) in [6.07, 6.45) is 11.8. The summed E-state index contributed by atoms with van der Waals surface area (Å²) in [4.78, 5) is 4.62. The number of nitrogens with two attached hydrogens (primary N) is 1. The standard InChI is InChI=1S/C21H27N3O/c1-15-12-13-19(25-15)20-16-10-8-6-4-2-3-5-7-9-11-18(16)24-21(23)17(20)14-22/h12-13H,2-11H2,1H3,(H2,23,24). The normalized spacial score (nSPS) is 16.3. The third-order valence-corrected chi connectivity index (χ3v) is 5.10. The van der Waals surface area contributed by atoms with Gasteiger partial charge in [-0.3, -0.25) is 0 Å². The second-order valence-electron chi connectivity index (χ2n) is 7.02. The maximum absolute atomic E-state index is 9.67. The Kier molecular flexibility index (Phi) is 5.75. The molecule has 0 atom stereocenters. The van der Waals surface area contributed by atoms with Crippen molar-refractivity contribution < 1.29 is 4.42 Å². The molecular weight excluding hydrogens is 310 g/mol. The van der Waals surface area contributed by atoms with Gasteiger partial charge < -0.3 is 10.2 Å². The van der Waals surface area contributed by atoms with Crippen molar-refractivity contribution in [3.8, 4) is 17.4 Å². The Hall–Kier alpha value is -2.28. The molecule has 0 unspecified atom stereocenters. The number of fused-ring (bicyclic) bond motifs is 1.